The lowest BCUT2D eigenvalue weighted by Crippen LogP contribution is -2.09. The largest absolute Gasteiger partial charge is 0.508 e. The van der Waals surface area contributed by atoms with E-state index in [9.17, 15) is 20.4 Å². The number of phenols is 4. The van der Waals surface area contributed by atoms with Gasteiger partial charge in [-0.1, -0.05) is 133 Å². The van der Waals surface area contributed by atoms with Gasteiger partial charge in [-0.05, 0) is 155 Å². The lowest BCUT2D eigenvalue weighted by molar-refractivity contribution is 0.406. The second-order valence-corrected chi connectivity index (χ2v) is 23.4. The van der Waals surface area contributed by atoms with Crippen LogP contribution in [0.15, 0.2) is 170 Å². The van der Waals surface area contributed by atoms with Crippen molar-refractivity contribution in [1.29, 1.82) is 0 Å². The van der Waals surface area contributed by atoms with E-state index in [-0.39, 0.29) is 33.3 Å². The second kappa shape index (κ2) is 17.8. The van der Waals surface area contributed by atoms with Crippen molar-refractivity contribution in [2.45, 2.75) is 40.5 Å². The zero-order valence-electron chi connectivity index (χ0n) is 44.2. The molecule has 1 aliphatic carbocycles. The Morgan fingerprint density at radius 3 is 1.54 bits per heavy atom. The minimum absolute atomic E-state index is 0.00390. The number of hydrogen-bond acceptors (Lipinski definition) is 6. The molecular weight excluding hydrogens is 1020 g/mol. The molecule has 6 nitrogen and oxygen atoms in total. The number of nitrogens with zero attached hydrogens (tertiary/aromatic N) is 2. The fraction of sp³-hybridized carbons (Fsp3) is 0.0857. The van der Waals surface area contributed by atoms with E-state index in [4.69, 9.17) is 15.7 Å². The molecule has 0 fully saturated rings. The molecule has 10 aromatic carbocycles. The lowest BCUT2D eigenvalue weighted by Gasteiger charge is -2.17. The van der Waals surface area contributed by atoms with E-state index in [1.54, 1.807) is 22.7 Å². The van der Waals surface area contributed by atoms with Crippen LogP contribution in [-0.4, -0.2) is 45.3 Å². The van der Waals surface area contributed by atoms with E-state index < -0.39 is 11.5 Å². The molecule has 380 valence electrons. The highest BCUT2D eigenvalue weighted by molar-refractivity contribution is 7.26. The van der Waals surface area contributed by atoms with Crippen molar-refractivity contribution in [3.05, 3.63) is 198 Å². The quantitative estimate of drug-likeness (QED) is 0.0759. The number of thiophene rings is 2. The Balaban J connectivity index is 1.01. The van der Waals surface area contributed by atoms with Gasteiger partial charge < -0.3 is 29.6 Å². The molecule has 15 rings (SSSR count). The summed E-state index contributed by atoms with van der Waals surface area (Å²) in [6, 6.07) is 53.7. The number of benzene rings is 10. The number of allylic oxidation sites excluding steroid dienone is 4. The van der Waals surface area contributed by atoms with Gasteiger partial charge in [0.15, 0.2) is 11.5 Å². The van der Waals surface area contributed by atoms with Crippen molar-refractivity contribution in [3.8, 4) is 67.8 Å². The Kier molecular flexibility index (Phi) is 10.7. The van der Waals surface area contributed by atoms with Gasteiger partial charge in [-0.15, -0.1) is 22.7 Å². The SMILES string of the molecule is [B]c1c(O)c(O)c2c3c(C)c4c5c([B])c(O)c(C)c(C)c5n(-c5cccc(-c6cccc7c6sc6cccc(-c8ccccc8)c67)c5)c4c(C)c3n(-c3cccc(-c4cccc5c4sc4cccc(C6=CCCC=C6)c45)c3)c2c1O. The molecule has 4 radical (unpaired) electrons. The molecule has 4 N–H and O–H groups in total. The second-order valence-electron chi connectivity index (χ2n) is 21.3. The van der Waals surface area contributed by atoms with Crippen LogP contribution in [0.4, 0.5) is 0 Å². The normalized spacial score (nSPS) is 13.0. The minimum atomic E-state index is -0.608. The number of aromatic hydroxyl groups is 4. The van der Waals surface area contributed by atoms with Crippen LogP contribution < -0.4 is 10.9 Å². The molecule has 10 heteroatoms. The molecule has 0 amide bonds. The maximum atomic E-state index is 12.3. The minimum Gasteiger partial charge on any atom is -0.508 e. The number of aryl methyl sites for hydroxylation is 3. The summed E-state index contributed by atoms with van der Waals surface area (Å²) in [5.41, 5.74) is 16.2. The topological polar surface area (TPSA) is 90.8 Å². The van der Waals surface area contributed by atoms with E-state index in [2.05, 4.69) is 169 Å². The van der Waals surface area contributed by atoms with E-state index in [0.717, 1.165) is 78.6 Å². The number of phenolic OH excluding ortho intramolecular Hbond substituents is 4. The lowest BCUT2D eigenvalue weighted by atomic mass is 9.84. The van der Waals surface area contributed by atoms with E-state index in [0.29, 0.717) is 27.5 Å². The molecule has 14 aromatic rings. The van der Waals surface area contributed by atoms with Crippen LogP contribution in [0.1, 0.15) is 40.7 Å². The highest BCUT2D eigenvalue weighted by atomic mass is 32.1. The fourth-order valence-corrected chi connectivity index (χ4v) is 15.8. The number of hydrogen-bond donors (Lipinski definition) is 4. The van der Waals surface area contributed by atoms with Gasteiger partial charge in [0.05, 0.1) is 27.5 Å². The zero-order valence-corrected chi connectivity index (χ0v) is 45.9. The van der Waals surface area contributed by atoms with Crippen LogP contribution in [0.2, 0.25) is 0 Å². The maximum absolute atomic E-state index is 12.3. The van der Waals surface area contributed by atoms with Gasteiger partial charge in [-0.3, -0.25) is 0 Å². The van der Waals surface area contributed by atoms with Crippen molar-refractivity contribution < 1.29 is 20.4 Å². The van der Waals surface area contributed by atoms with Crippen LogP contribution in [0.3, 0.4) is 0 Å². The van der Waals surface area contributed by atoms with E-state index in [1.807, 2.05) is 37.5 Å². The Morgan fingerprint density at radius 1 is 0.400 bits per heavy atom. The number of aromatic nitrogens is 2. The monoisotopic (exact) mass is 1070 g/mol. The molecule has 4 aromatic heterocycles. The van der Waals surface area contributed by atoms with Gasteiger partial charge in [0.2, 0.25) is 0 Å². The van der Waals surface area contributed by atoms with Crippen LogP contribution >= 0.6 is 22.7 Å². The number of rotatable bonds is 6. The summed E-state index contributed by atoms with van der Waals surface area (Å²) in [4.78, 5) is 0. The fourth-order valence-electron chi connectivity index (χ4n) is 13.3. The van der Waals surface area contributed by atoms with Gasteiger partial charge in [-0.25, -0.2) is 0 Å². The Hall–Kier alpha value is -8.95. The van der Waals surface area contributed by atoms with E-state index >= 15 is 0 Å². The van der Waals surface area contributed by atoms with Crippen molar-refractivity contribution in [1.82, 2.24) is 9.13 Å². The van der Waals surface area contributed by atoms with Crippen LogP contribution in [0.5, 0.6) is 23.0 Å². The summed E-state index contributed by atoms with van der Waals surface area (Å²) in [6.07, 6.45) is 8.89. The Bertz CT molecular complexity index is 5130. The Morgan fingerprint density at radius 2 is 0.925 bits per heavy atom. The van der Waals surface area contributed by atoms with Crippen molar-refractivity contribution in [2.24, 2.45) is 0 Å². The van der Waals surface area contributed by atoms with Crippen LogP contribution in [-0.2, 0) is 0 Å². The van der Waals surface area contributed by atoms with Crippen LogP contribution in [0, 0.1) is 27.7 Å². The summed E-state index contributed by atoms with van der Waals surface area (Å²) < 4.78 is 9.03. The molecule has 80 heavy (non-hydrogen) atoms. The summed E-state index contributed by atoms with van der Waals surface area (Å²) in [6.45, 7) is 7.97. The van der Waals surface area contributed by atoms with E-state index in [1.165, 1.54) is 57.9 Å². The van der Waals surface area contributed by atoms with Crippen molar-refractivity contribution in [2.75, 3.05) is 0 Å². The predicted octanol–water partition coefficient (Wildman–Crippen LogP) is 17.0. The van der Waals surface area contributed by atoms with Gasteiger partial charge >= 0.3 is 0 Å². The third-order valence-corrected chi connectivity index (χ3v) is 19.5. The van der Waals surface area contributed by atoms with Gasteiger partial charge in [-0.2, -0.15) is 0 Å². The van der Waals surface area contributed by atoms with Crippen LogP contribution in [0.25, 0.3) is 134 Å². The Labute approximate surface area is 471 Å². The first-order valence-electron chi connectivity index (χ1n) is 26.9. The van der Waals surface area contributed by atoms with Crippen molar-refractivity contribution >= 4 is 139 Å². The summed E-state index contributed by atoms with van der Waals surface area (Å²) in [5.74, 6) is -1.41. The zero-order chi connectivity index (χ0) is 54.6. The molecule has 0 saturated carbocycles. The van der Waals surface area contributed by atoms with Gasteiger partial charge in [0.25, 0.3) is 0 Å². The number of fused-ring (bicyclic) bond motifs is 12. The average molecular weight is 1070 g/mol. The molecule has 0 spiro atoms. The molecule has 0 atom stereocenters. The highest BCUT2D eigenvalue weighted by Crippen LogP contribution is 2.52. The molecular formula is C70H48B2N2O4S2. The summed E-state index contributed by atoms with van der Waals surface area (Å²) >= 11 is 3.58. The first-order chi connectivity index (χ1) is 38.9. The molecule has 0 unspecified atom stereocenters. The standard InChI is InChI=1S/C70H48B2N2O4S2/c1-35-36(2)65(75)59(71)57-53-37(3)54-58-64(67(77)60(72)68(78)66(58)76)74(44-24-12-22-42(34-44)48-28-14-30-50-56-46(40-19-9-6-10-20-40)26-16-32-52(56)80-70(48)50)63(54)38(4)62(53)73(61(35)57)43-23-11-21-41(33-43)47-27-13-29-49-55-45(39-17-7-5-8-18-39)25-15-31-51(55)79-69(47)49/h5,7-9,11-34,75-78H,6,10H2,1-4H3. The average Bonchev–Trinajstić information content (AvgIpc) is 2.76. The smallest absolute Gasteiger partial charge is 0.167 e. The summed E-state index contributed by atoms with van der Waals surface area (Å²) in [5, 5.41) is 55.0. The van der Waals surface area contributed by atoms with Crippen molar-refractivity contribution in [3.63, 3.8) is 0 Å². The third-order valence-electron chi connectivity index (χ3n) is 17.1. The van der Waals surface area contributed by atoms with Gasteiger partial charge in [0.1, 0.15) is 27.2 Å². The predicted molar refractivity (Wildman–Crippen MR) is 340 cm³/mol. The molecule has 0 bridgehead atoms. The third kappa shape index (κ3) is 6.66. The first-order valence-corrected chi connectivity index (χ1v) is 28.5. The molecule has 1 aliphatic rings. The molecule has 0 aliphatic heterocycles. The highest BCUT2D eigenvalue weighted by Gasteiger charge is 2.31. The maximum Gasteiger partial charge on any atom is 0.167 e. The molecule has 0 saturated heterocycles. The summed E-state index contributed by atoms with van der Waals surface area (Å²) in [7, 11) is 13.7. The molecule has 4 heterocycles. The van der Waals surface area contributed by atoms with Gasteiger partial charge in [0, 0.05) is 67.9 Å². The first kappa shape index (κ1) is 48.2.